The van der Waals surface area contributed by atoms with E-state index >= 15 is 0 Å². The van der Waals surface area contributed by atoms with Crippen molar-refractivity contribution in [3.8, 4) is 5.75 Å². The Labute approximate surface area is 361 Å². The topological polar surface area (TPSA) is 78.7 Å². The summed E-state index contributed by atoms with van der Waals surface area (Å²) in [5, 5.41) is 0.888. The van der Waals surface area contributed by atoms with Gasteiger partial charge in [0.15, 0.2) is 12.3 Å². The zero-order chi connectivity index (χ0) is 42.4. The number of carbonyl (C=O) groups is 1. The van der Waals surface area contributed by atoms with Crippen LogP contribution in [0.1, 0.15) is 64.5 Å². The normalized spacial score (nSPS) is 17.9. The third kappa shape index (κ3) is 11.3. The summed E-state index contributed by atoms with van der Waals surface area (Å²) in [7, 11) is 1.67. The minimum atomic E-state index is -0.316. The summed E-state index contributed by atoms with van der Waals surface area (Å²) in [6.45, 7) is 15.0. The van der Waals surface area contributed by atoms with Crippen molar-refractivity contribution in [1.82, 2.24) is 0 Å². The number of ether oxygens (including phenoxy) is 6. The fraction of sp³-hybridized carbons (Fsp3) is 0.460. The summed E-state index contributed by atoms with van der Waals surface area (Å²) in [6, 6.07) is 26.3. The number of hydrogen-bond acceptors (Lipinski definition) is 8. The molecule has 0 spiro atoms. The van der Waals surface area contributed by atoms with Gasteiger partial charge in [0, 0.05) is 53.4 Å². The molecule has 3 aromatic carbocycles. The average molecular weight is 839 g/mol. The molecule has 2 heterocycles. The van der Waals surface area contributed by atoms with Crippen molar-refractivity contribution >= 4 is 34.7 Å². The minimum absolute atomic E-state index is 0.0782. The molecule has 2 aliphatic heterocycles. The van der Waals surface area contributed by atoms with Gasteiger partial charge in [-0.15, -0.1) is 5.73 Å². The largest absolute Gasteiger partial charge is 0.426 e. The molecule has 0 saturated heterocycles. The molecule has 320 valence electrons. The number of carbonyl (C=O) groups excluding carboxylic acids is 1. The van der Waals surface area contributed by atoms with Crippen LogP contribution in [0, 0.1) is 5.92 Å². The third-order valence-corrected chi connectivity index (χ3v) is 12.0. The van der Waals surface area contributed by atoms with Crippen LogP contribution in [-0.2, 0) is 39.3 Å². The summed E-state index contributed by atoms with van der Waals surface area (Å²) in [4.78, 5) is 14.5. The molecular formula is C50H62ClN2O7+. The highest BCUT2D eigenvalue weighted by Crippen LogP contribution is 2.47. The fourth-order valence-electron chi connectivity index (χ4n) is 8.29. The van der Waals surface area contributed by atoms with E-state index in [1.54, 1.807) is 19.2 Å². The van der Waals surface area contributed by atoms with Crippen molar-refractivity contribution in [2.45, 2.75) is 64.2 Å². The number of methoxy groups -OCH3 is 1. The van der Waals surface area contributed by atoms with Gasteiger partial charge in [0.2, 0.25) is 5.69 Å². The highest BCUT2D eigenvalue weighted by molar-refractivity contribution is 6.30. The summed E-state index contributed by atoms with van der Waals surface area (Å²) in [5.41, 5.74) is 11.8. The Kier molecular flexibility index (Phi) is 16.6. The molecule has 0 bridgehead atoms. The number of allylic oxidation sites excluding steroid dienone is 5. The van der Waals surface area contributed by atoms with Crippen LogP contribution in [0.5, 0.6) is 5.75 Å². The lowest BCUT2D eigenvalue weighted by Crippen LogP contribution is -2.29. The van der Waals surface area contributed by atoms with Crippen molar-refractivity contribution in [1.29, 1.82) is 0 Å². The van der Waals surface area contributed by atoms with E-state index in [1.807, 2.05) is 18.2 Å². The van der Waals surface area contributed by atoms with Gasteiger partial charge in [-0.2, -0.15) is 4.58 Å². The molecule has 0 saturated carbocycles. The van der Waals surface area contributed by atoms with Gasteiger partial charge in [-0.1, -0.05) is 72.3 Å². The van der Waals surface area contributed by atoms with Crippen LogP contribution in [0.3, 0.4) is 0 Å². The number of nitrogens with zero attached hydrogens (tertiary/aromatic N) is 2. The molecule has 60 heavy (non-hydrogen) atoms. The summed E-state index contributed by atoms with van der Waals surface area (Å²) < 4.78 is 36.0. The third-order valence-electron chi connectivity index (χ3n) is 11.5. The lowest BCUT2D eigenvalue weighted by molar-refractivity contribution is -0.442. The standard InChI is InChI=1S/C50H62ClN2O7/c1-49(2)41-18-9-11-20-43(41)52(27-30-57-35-34-56-29-26-47(54)60-40-16-7-6-8-17-40)45(49)24-22-38-14-13-15-39(48(38)51)23-25-46-50(3,4)42-19-10-12-21-44(42)53(46)28-31-58-36-37-59-33-32-55-5/h6-12,16-24,39H,13-15,26-37H2,1-5H3/q+1/b24-22+. The first-order chi connectivity index (χ1) is 29.1. The number of rotatable bonds is 22. The van der Waals surface area contributed by atoms with E-state index < -0.39 is 0 Å². The van der Waals surface area contributed by atoms with Gasteiger partial charge in [0.25, 0.3) is 0 Å². The highest BCUT2D eigenvalue weighted by Gasteiger charge is 2.44. The molecule has 9 nitrogen and oxygen atoms in total. The molecule has 1 aliphatic carbocycles. The Morgan fingerprint density at radius 3 is 2.20 bits per heavy atom. The quantitative estimate of drug-likeness (QED) is 0.0326. The maximum atomic E-state index is 12.1. The molecular weight excluding hydrogens is 776 g/mol. The summed E-state index contributed by atoms with van der Waals surface area (Å²) in [6.07, 6.45) is 9.84. The van der Waals surface area contributed by atoms with E-state index in [2.05, 4.69) is 110 Å². The second kappa shape index (κ2) is 22.0. The van der Waals surface area contributed by atoms with E-state index in [9.17, 15) is 4.79 Å². The summed E-state index contributed by atoms with van der Waals surface area (Å²) >= 11 is 7.30. The lowest BCUT2D eigenvalue weighted by Gasteiger charge is -2.26. The van der Waals surface area contributed by atoms with Crippen molar-refractivity contribution in [3.05, 3.63) is 130 Å². The van der Waals surface area contributed by atoms with Crippen LogP contribution in [0.15, 0.2) is 119 Å². The molecule has 10 heteroatoms. The number of halogens is 1. The number of anilines is 1. The zero-order valence-electron chi connectivity index (χ0n) is 36.1. The molecule has 1 atom stereocenters. The van der Waals surface area contributed by atoms with Gasteiger partial charge >= 0.3 is 5.97 Å². The predicted octanol–water partition coefficient (Wildman–Crippen LogP) is 9.46. The highest BCUT2D eigenvalue weighted by atomic mass is 35.5. The average Bonchev–Trinajstić information content (AvgIpc) is 3.60. The summed E-state index contributed by atoms with van der Waals surface area (Å²) in [5.74, 6) is 0.299. The zero-order valence-corrected chi connectivity index (χ0v) is 36.8. The van der Waals surface area contributed by atoms with E-state index in [4.69, 9.17) is 40.0 Å². The number of hydrogen-bond donors (Lipinski definition) is 0. The van der Waals surface area contributed by atoms with Crippen molar-refractivity contribution < 1.29 is 37.8 Å². The van der Waals surface area contributed by atoms with Gasteiger partial charge in [-0.05, 0) is 82.4 Å². The maximum absolute atomic E-state index is 12.1. The van der Waals surface area contributed by atoms with Crippen molar-refractivity contribution in [3.63, 3.8) is 0 Å². The van der Waals surface area contributed by atoms with Gasteiger partial charge in [-0.25, -0.2) is 0 Å². The van der Waals surface area contributed by atoms with E-state index in [0.29, 0.717) is 65.1 Å². The fourth-order valence-corrected chi connectivity index (χ4v) is 8.62. The minimum Gasteiger partial charge on any atom is -0.426 e. The monoisotopic (exact) mass is 837 g/mol. The van der Waals surface area contributed by atoms with E-state index in [0.717, 1.165) is 36.5 Å². The number of para-hydroxylation sites is 3. The number of esters is 1. The molecule has 0 fully saturated rings. The molecule has 3 aliphatic rings. The van der Waals surface area contributed by atoms with Crippen LogP contribution >= 0.6 is 11.6 Å². The molecule has 6 rings (SSSR count). The predicted molar refractivity (Wildman–Crippen MR) is 239 cm³/mol. The molecule has 1 unspecified atom stereocenters. The van der Waals surface area contributed by atoms with E-state index in [-0.39, 0.29) is 35.7 Å². The van der Waals surface area contributed by atoms with Gasteiger partial charge in [0.1, 0.15) is 12.4 Å². The Morgan fingerprint density at radius 2 is 1.43 bits per heavy atom. The SMILES string of the molecule is COCCOCCOCCN1C(=C=CC2CCCC(/C=C/C3=[N+](CCOCCOCCC(=O)Oc4ccccc4)c4ccccc4C3(C)C)=C2Cl)C(C)(C)c2ccccc21. The Hall–Kier alpha value is -4.31. The van der Waals surface area contributed by atoms with Gasteiger partial charge in [-0.3, -0.25) is 4.79 Å². The van der Waals surface area contributed by atoms with Crippen LogP contribution in [0.2, 0.25) is 0 Å². The molecule has 0 amide bonds. The molecule has 0 aromatic heterocycles. The Balaban J connectivity index is 1.10. The van der Waals surface area contributed by atoms with Gasteiger partial charge < -0.3 is 33.3 Å². The molecule has 0 N–H and O–H groups in total. The maximum Gasteiger partial charge on any atom is 0.313 e. The second-order valence-electron chi connectivity index (χ2n) is 16.3. The van der Waals surface area contributed by atoms with Crippen LogP contribution in [0.25, 0.3) is 0 Å². The second-order valence-corrected chi connectivity index (χ2v) is 16.7. The first-order valence-electron chi connectivity index (χ1n) is 21.3. The van der Waals surface area contributed by atoms with Crippen LogP contribution in [0.4, 0.5) is 11.4 Å². The lowest BCUT2D eigenvalue weighted by atomic mass is 9.81. The van der Waals surface area contributed by atoms with Crippen LogP contribution < -0.4 is 9.64 Å². The Morgan fingerprint density at radius 1 is 0.783 bits per heavy atom. The Bertz CT molecular complexity index is 2060. The van der Waals surface area contributed by atoms with Gasteiger partial charge in [0.05, 0.1) is 70.4 Å². The van der Waals surface area contributed by atoms with Crippen molar-refractivity contribution in [2.75, 3.05) is 84.6 Å². The molecule has 0 radical (unpaired) electrons. The van der Waals surface area contributed by atoms with Crippen molar-refractivity contribution in [2.24, 2.45) is 5.92 Å². The van der Waals surface area contributed by atoms with Crippen LogP contribution in [-0.4, -0.2) is 95.9 Å². The first-order valence-corrected chi connectivity index (χ1v) is 21.7. The van der Waals surface area contributed by atoms with E-state index in [1.165, 1.54) is 33.8 Å². The smallest absolute Gasteiger partial charge is 0.313 e. The molecule has 3 aromatic rings. The number of benzene rings is 3. The number of fused-ring (bicyclic) bond motifs is 2. The first kappa shape index (κ1) is 45.2.